The first-order valence-corrected chi connectivity index (χ1v) is 7.60. The van der Waals surface area contributed by atoms with E-state index in [1.807, 2.05) is 62.4 Å². The van der Waals surface area contributed by atoms with Gasteiger partial charge in [-0.05, 0) is 49.2 Å². The second-order valence-electron chi connectivity index (χ2n) is 5.44. The van der Waals surface area contributed by atoms with Crippen molar-refractivity contribution in [3.63, 3.8) is 0 Å². The van der Waals surface area contributed by atoms with Gasteiger partial charge in [-0.1, -0.05) is 24.3 Å². The molecular weight excluding hydrogens is 417 g/mol. The number of hydrogen-bond donors (Lipinski definition) is 3. The number of benzene rings is 2. The minimum absolute atomic E-state index is 0. The van der Waals surface area contributed by atoms with Crippen molar-refractivity contribution in [2.75, 3.05) is 5.32 Å². The van der Waals surface area contributed by atoms with Crippen LogP contribution in [0, 0.1) is 0 Å². The summed E-state index contributed by atoms with van der Waals surface area (Å²) in [7, 11) is 0. The highest BCUT2D eigenvalue weighted by Crippen LogP contribution is 2.17. The Bertz CT molecular complexity index is 658. The lowest BCUT2D eigenvalue weighted by atomic mass is 10.1. The Labute approximate surface area is 160 Å². The van der Waals surface area contributed by atoms with Gasteiger partial charge in [-0.15, -0.1) is 24.0 Å². The third-order valence-electron chi connectivity index (χ3n) is 3.21. The molecule has 24 heavy (non-hydrogen) atoms. The van der Waals surface area contributed by atoms with E-state index in [0.717, 1.165) is 22.6 Å². The highest BCUT2D eigenvalue weighted by molar-refractivity contribution is 14.0. The van der Waals surface area contributed by atoms with Crippen LogP contribution in [0.1, 0.15) is 25.0 Å². The molecule has 0 aromatic heterocycles. The van der Waals surface area contributed by atoms with Crippen LogP contribution in [0.3, 0.4) is 0 Å². The van der Waals surface area contributed by atoms with Gasteiger partial charge in [-0.2, -0.15) is 0 Å². The second-order valence-corrected chi connectivity index (χ2v) is 5.44. The Balaban J connectivity index is 0.00000288. The van der Waals surface area contributed by atoms with Gasteiger partial charge in [0.1, 0.15) is 5.75 Å². The van der Waals surface area contributed by atoms with E-state index in [1.54, 1.807) is 0 Å². The maximum atomic E-state index is 9.30. The van der Waals surface area contributed by atoms with Gasteiger partial charge in [-0.3, -0.25) is 0 Å². The molecule has 0 heterocycles. The second kappa shape index (κ2) is 10.1. The Morgan fingerprint density at radius 3 is 2.33 bits per heavy atom. The van der Waals surface area contributed by atoms with Crippen molar-refractivity contribution in [3.05, 3.63) is 59.7 Å². The molecule has 0 bridgehead atoms. The van der Waals surface area contributed by atoms with E-state index in [9.17, 15) is 5.11 Å². The van der Waals surface area contributed by atoms with Crippen LogP contribution in [0.25, 0.3) is 0 Å². The van der Waals surface area contributed by atoms with E-state index in [4.69, 9.17) is 10.5 Å². The first kappa shape index (κ1) is 20.2. The molecule has 2 rings (SSSR count). The fraction of sp³-hybridized carbons (Fsp3) is 0.278. The molecular formula is C18H24IN3O2. The predicted octanol–water partition coefficient (Wildman–Crippen LogP) is 3.51. The summed E-state index contributed by atoms with van der Waals surface area (Å²) in [4.78, 5) is 4.31. The molecule has 0 spiro atoms. The van der Waals surface area contributed by atoms with E-state index >= 15 is 0 Å². The van der Waals surface area contributed by atoms with Crippen LogP contribution in [0.4, 0.5) is 5.69 Å². The fourth-order valence-corrected chi connectivity index (χ4v) is 2.11. The van der Waals surface area contributed by atoms with Crippen molar-refractivity contribution >= 4 is 35.6 Å². The lowest BCUT2D eigenvalue weighted by molar-refractivity contribution is 0.242. The molecule has 6 heteroatoms. The summed E-state index contributed by atoms with van der Waals surface area (Å²) in [5.41, 5.74) is 8.57. The zero-order chi connectivity index (χ0) is 16.7. The normalized spacial score (nSPS) is 11.1. The fourth-order valence-electron chi connectivity index (χ4n) is 2.11. The molecule has 0 atom stereocenters. The lowest BCUT2D eigenvalue weighted by Gasteiger charge is -2.11. The van der Waals surface area contributed by atoms with Gasteiger partial charge < -0.3 is 20.9 Å². The molecule has 2 aromatic rings. The highest BCUT2D eigenvalue weighted by atomic mass is 127. The summed E-state index contributed by atoms with van der Waals surface area (Å²) < 4.78 is 5.59. The maximum absolute atomic E-state index is 9.30. The van der Waals surface area contributed by atoms with E-state index in [0.29, 0.717) is 12.5 Å². The number of nitrogens with zero attached hydrogens (tertiary/aromatic N) is 1. The van der Waals surface area contributed by atoms with Crippen molar-refractivity contribution in [1.82, 2.24) is 0 Å². The monoisotopic (exact) mass is 441 g/mol. The van der Waals surface area contributed by atoms with Crippen LogP contribution in [0.15, 0.2) is 53.5 Å². The number of ether oxygens (including phenoxy) is 1. The molecule has 0 saturated heterocycles. The van der Waals surface area contributed by atoms with Gasteiger partial charge in [0, 0.05) is 5.69 Å². The third kappa shape index (κ3) is 6.37. The number of hydrogen-bond acceptors (Lipinski definition) is 3. The molecule has 0 aliphatic heterocycles. The Kier molecular flexibility index (Phi) is 8.56. The molecule has 0 aliphatic carbocycles. The van der Waals surface area contributed by atoms with Crippen molar-refractivity contribution in [1.29, 1.82) is 0 Å². The van der Waals surface area contributed by atoms with E-state index in [1.165, 1.54) is 0 Å². The Hall–Kier alpha value is -1.80. The van der Waals surface area contributed by atoms with E-state index < -0.39 is 0 Å². The topological polar surface area (TPSA) is 79.9 Å². The lowest BCUT2D eigenvalue weighted by Crippen LogP contribution is -2.22. The van der Waals surface area contributed by atoms with Crippen LogP contribution in [0.2, 0.25) is 0 Å². The Morgan fingerprint density at radius 1 is 1.12 bits per heavy atom. The van der Waals surface area contributed by atoms with E-state index in [-0.39, 0.29) is 36.7 Å². The van der Waals surface area contributed by atoms with Crippen molar-refractivity contribution < 1.29 is 9.84 Å². The maximum Gasteiger partial charge on any atom is 0.193 e. The molecule has 0 fully saturated rings. The number of halogens is 1. The number of aliphatic hydroxyl groups is 1. The molecule has 0 aliphatic rings. The van der Waals surface area contributed by atoms with Crippen molar-refractivity contribution in [3.8, 4) is 5.75 Å². The summed E-state index contributed by atoms with van der Waals surface area (Å²) in [6.07, 6.45) is 0.145. The summed E-state index contributed by atoms with van der Waals surface area (Å²) in [5.74, 6) is 1.15. The first-order valence-electron chi connectivity index (χ1n) is 7.60. The molecule has 0 radical (unpaired) electrons. The standard InChI is InChI=1S/C18H23N3O2.HI/c1-13(2)23-17-9-7-16(8-10-17)21-18(19)20-11-14-5-3-4-6-15(14)12-22;/h3-10,13,22H,11-12H2,1-2H3,(H3,19,20,21);1H. The number of aliphatic imine (C=N–C) groups is 1. The molecule has 130 valence electrons. The third-order valence-corrected chi connectivity index (χ3v) is 3.21. The van der Waals surface area contributed by atoms with Crippen LogP contribution in [-0.2, 0) is 13.2 Å². The quantitative estimate of drug-likeness (QED) is 0.364. The summed E-state index contributed by atoms with van der Waals surface area (Å²) in [6.45, 7) is 4.39. The number of anilines is 1. The average Bonchev–Trinajstić information content (AvgIpc) is 2.54. The van der Waals surface area contributed by atoms with Crippen LogP contribution < -0.4 is 15.8 Å². The van der Waals surface area contributed by atoms with E-state index in [2.05, 4.69) is 10.3 Å². The van der Waals surface area contributed by atoms with Gasteiger partial charge in [-0.25, -0.2) is 4.99 Å². The minimum atomic E-state index is -0.00363. The number of nitrogens with two attached hydrogens (primary N) is 1. The molecule has 0 saturated carbocycles. The van der Waals surface area contributed by atoms with Gasteiger partial charge in [0.15, 0.2) is 5.96 Å². The minimum Gasteiger partial charge on any atom is -0.491 e. The molecule has 0 unspecified atom stereocenters. The number of guanidine groups is 1. The summed E-state index contributed by atoms with van der Waals surface area (Å²) >= 11 is 0. The summed E-state index contributed by atoms with van der Waals surface area (Å²) in [5, 5.41) is 12.3. The number of aliphatic hydroxyl groups excluding tert-OH is 1. The predicted molar refractivity (Wildman–Crippen MR) is 109 cm³/mol. The number of rotatable bonds is 6. The molecule has 0 amide bonds. The largest absolute Gasteiger partial charge is 0.491 e. The zero-order valence-electron chi connectivity index (χ0n) is 13.9. The molecule has 4 N–H and O–H groups in total. The van der Waals surface area contributed by atoms with Gasteiger partial charge >= 0.3 is 0 Å². The average molecular weight is 441 g/mol. The van der Waals surface area contributed by atoms with Crippen LogP contribution >= 0.6 is 24.0 Å². The van der Waals surface area contributed by atoms with Gasteiger partial charge in [0.2, 0.25) is 0 Å². The Morgan fingerprint density at radius 2 is 1.75 bits per heavy atom. The van der Waals surface area contributed by atoms with Gasteiger partial charge in [0.25, 0.3) is 0 Å². The van der Waals surface area contributed by atoms with Crippen LogP contribution in [-0.4, -0.2) is 17.2 Å². The SMILES string of the molecule is CC(C)Oc1ccc(NC(N)=NCc2ccccc2CO)cc1.I. The van der Waals surface area contributed by atoms with Crippen molar-refractivity contribution in [2.24, 2.45) is 10.7 Å². The highest BCUT2D eigenvalue weighted by Gasteiger charge is 2.01. The number of nitrogens with one attached hydrogen (secondary N) is 1. The molecule has 2 aromatic carbocycles. The zero-order valence-corrected chi connectivity index (χ0v) is 16.2. The summed E-state index contributed by atoms with van der Waals surface area (Å²) in [6, 6.07) is 15.2. The smallest absolute Gasteiger partial charge is 0.193 e. The van der Waals surface area contributed by atoms with Crippen LogP contribution in [0.5, 0.6) is 5.75 Å². The van der Waals surface area contributed by atoms with Gasteiger partial charge in [0.05, 0.1) is 19.3 Å². The molecule has 5 nitrogen and oxygen atoms in total. The first-order chi connectivity index (χ1) is 11.1. The van der Waals surface area contributed by atoms with Crippen molar-refractivity contribution in [2.45, 2.75) is 33.1 Å².